The highest BCUT2D eigenvalue weighted by atomic mass is 16.5. The number of amides is 4. The number of fused-ring (bicyclic) bond motifs is 1. The lowest BCUT2D eigenvalue weighted by Gasteiger charge is -2.37. The van der Waals surface area contributed by atoms with Gasteiger partial charge in [0.15, 0.2) is 0 Å². The molecule has 2 aromatic carbocycles. The minimum atomic E-state index is -1.53. The summed E-state index contributed by atoms with van der Waals surface area (Å²) in [6.45, 7) is 10.6. The number of methoxy groups -OCH3 is 1. The molecule has 4 N–H and O–H groups in total. The van der Waals surface area contributed by atoms with Crippen LogP contribution in [0.25, 0.3) is 22.2 Å². The third kappa shape index (κ3) is 8.51. The molecule has 6 rings (SSSR count). The molecule has 6 atom stereocenters. The molecule has 1 aromatic heterocycles. The van der Waals surface area contributed by atoms with E-state index in [4.69, 9.17) is 14.5 Å². The van der Waals surface area contributed by atoms with E-state index in [0.29, 0.717) is 28.1 Å². The van der Waals surface area contributed by atoms with Gasteiger partial charge in [-0.3, -0.25) is 19.2 Å². The van der Waals surface area contributed by atoms with Crippen molar-refractivity contribution in [3.8, 4) is 22.8 Å². The third-order valence-electron chi connectivity index (χ3n) is 11.4. The lowest BCUT2D eigenvalue weighted by atomic mass is 9.82. The first-order valence-corrected chi connectivity index (χ1v) is 19.4. The molecule has 0 radical (unpaired) electrons. The number of carbonyl (C=O) groups is 5. The summed E-state index contributed by atoms with van der Waals surface area (Å²) < 4.78 is 12.2. The number of hydrogen-bond donors (Lipinski definition) is 4. The van der Waals surface area contributed by atoms with Crippen molar-refractivity contribution in [2.45, 2.75) is 102 Å². The van der Waals surface area contributed by atoms with E-state index in [-0.39, 0.29) is 31.2 Å². The molecule has 3 aromatic rings. The minimum absolute atomic E-state index is 0.0251. The molecule has 4 amide bonds. The summed E-state index contributed by atoms with van der Waals surface area (Å²) in [6.07, 6.45) is 5.54. The lowest BCUT2D eigenvalue weighted by Crippen LogP contribution is -2.62. The molecule has 1 aliphatic heterocycles. The number of carboxylic acids is 1. The maximum atomic E-state index is 14.9. The average Bonchev–Trinajstić information content (AvgIpc) is 3.74. The van der Waals surface area contributed by atoms with E-state index in [9.17, 15) is 29.1 Å². The molecule has 2 saturated carbocycles. The number of aromatic nitrogens is 1. The highest BCUT2D eigenvalue weighted by molar-refractivity contribution is 5.97. The van der Waals surface area contributed by atoms with Gasteiger partial charge < -0.3 is 35.4 Å². The molecular formula is C43H53N5O8. The fraction of sp³-hybridized carbons (Fsp3) is 0.488. The molecule has 0 spiro atoms. The Morgan fingerprint density at radius 2 is 1.73 bits per heavy atom. The van der Waals surface area contributed by atoms with Gasteiger partial charge in [-0.25, -0.2) is 9.78 Å². The van der Waals surface area contributed by atoms with Crippen LogP contribution in [0.4, 0.5) is 0 Å². The molecule has 298 valence electrons. The molecule has 13 heteroatoms. The predicted octanol–water partition coefficient (Wildman–Crippen LogP) is 5.02. The van der Waals surface area contributed by atoms with Crippen molar-refractivity contribution in [2.24, 2.45) is 17.3 Å². The highest BCUT2D eigenvalue weighted by Crippen LogP contribution is 2.45. The Bertz CT molecular complexity index is 1990. The van der Waals surface area contributed by atoms with E-state index < -0.39 is 64.8 Å². The second-order valence-corrected chi connectivity index (χ2v) is 16.4. The van der Waals surface area contributed by atoms with Gasteiger partial charge in [0.2, 0.25) is 23.6 Å². The molecule has 2 heterocycles. The van der Waals surface area contributed by atoms with Crippen LogP contribution in [0.15, 0.2) is 67.3 Å². The van der Waals surface area contributed by atoms with Gasteiger partial charge in [-0.2, -0.15) is 0 Å². The molecule has 1 saturated heterocycles. The number of benzene rings is 2. The number of rotatable bonds is 13. The van der Waals surface area contributed by atoms with E-state index in [1.165, 1.54) is 17.9 Å². The molecule has 5 unspecified atom stereocenters. The number of nitrogens with zero attached hydrogens (tertiary/aromatic N) is 2. The molecule has 0 bridgehead atoms. The molecule has 3 fully saturated rings. The molecular weight excluding hydrogens is 714 g/mol. The summed E-state index contributed by atoms with van der Waals surface area (Å²) >= 11 is 0. The average molecular weight is 768 g/mol. The molecule has 2 aliphatic carbocycles. The van der Waals surface area contributed by atoms with Gasteiger partial charge in [-0.05, 0) is 42.7 Å². The minimum Gasteiger partial charge on any atom is -0.497 e. The standard InChI is InChI=1S/C43H53N5O8/c1-7-28-23-43(28,41(53)54)47-38(50)34-21-30(56-35-22-32(26-14-10-8-11-15-26)45-33-20-29(55-6)18-19-31(33)35)24-48(34)40(52)37(42(3,4)5)46-39(51)36(44-25(2)49)27-16-12-9-13-17-27/h7-8,10-11,14-15,18-20,22,27-28,30,34,36-37H,1,9,12-13,16-17,21,23-24H2,2-6H3,(H,44,49)(H,46,51)(H,47,50)(H,53,54)/t28?,30?,34-,36?,37?,43?/m0/s1. The molecule has 56 heavy (non-hydrogen) atoms. The van der Waals surface area contributed by atoms with Gasteiger partial charge in [0.05, 0.1) is 24.9 Å². The van der Waals surface area contributed by atoms with E-state index in [1.807, 2.05) is 69.3 Å². The van der Waals surface area contributed by atoms with Crippen LogP contribution < -0.4 is 25.4 Å². The number of ether oxygens (including phenoxy) is 2. The largest absolute Gasteiger partial charge is 0.497 e. The smallest absolute Gasteiger partial charge is 0.330 e. The van der Waals surface area contributed by atoms with Gasteiger partial charge in [0, 0.05) is 42.3 Å². The first-order valence-electron chi connectivity index (χ1n) is 19.4. The number of nitrogens with one attached hydrogen (secondary N) is 3. The van der Waals surface area contributed by atoms with Crippen LogP contribution >= 0.6 is 0 Å². The van der Waals surface area contributed by atoms with Crippen LogP contribution in [-0.4, -0.2) is 88.0 Å². The third-order valence-corrected chi connectivity index (χ3v) is 11.4. The van der Waals surface area contributed by atoms with Crippen molar-refractivity contribution in [1.82, 2.24) is 25.8 Å². The SMILES string of the molecule is C=CC1CC1(NC(=O)[C@@H]1CC(Oc2cc(-c3ccccc3)nc3cc(OC)ccc23)CN1C(=O)C(NC(=O)C(NC(C)=O)C1CCCCC1)C(C)(C)C)C(=O)O. The summed E-state index contributed by atoms with van der Waals surface area (Å²) in [7, 11) is 1.57. The van der Waals surface area contributed by atoms with Crippen LogP contribution in [0.5, 0.6) is 11.5 Å². The molecule has 3 aliphatic rings. The highest BCUT2D eigenvalue weighted by Gasteiger charge is 2.61. The second kappa shape index (κ2) is 16.3. The zero-order valence-electron chi connectivity index (χ0n) is 32.8. The summed E-state index contributed by atoms with van der Waals surface area (Å²) in [6, 6.07) is 13.9. The monoisotopic (exact) mass is 767 g/mol. The van der Waals surface area contributed by atoms with Gasteiger partial charge in [0.25, 0.3) is 0 Å². The summed E-state index contributed by atoms with van der Waals surface area (Å²) in [5.41, 5.74) is -0.220. The Kier molecular flexibility index (Phi) is 11.7. The fourth-order valence-electron chi connectivity index (χ4n) is 8.16. The van der Waals surface area contributed by atoms with Crippen LogP contribution in [-0.2, 0) is 24.0 Å². The van der Waals surface area contributed by atoms with E-state index in [1.54, 1.807) is 13.2 Å². The number of likely N-dealkylation sites (tertiary alicyclic amines) is 1. The van der Waals surface area contributed by atoms with Crippen LogP contribution in [0.3, 0.4) is 0 Å². The molecule has 13 nitrogen and oxygen atoms in total. The topological polar surface area (TPSA) is 176 Å². The second-order valence-electron chi connectivity index (χ2n) is 16.4. The Balaban J connectivity index is 1.34. The van der Waals surface area contributed by atoms with Crippen molar-refractivity contribution in [1.29, 1.82) is 0 Å². The van der Waals surface area contributed by atoms with Crippen molar-refractivity contribution in [2.75, 3.05) is 13.7 Å². The van der Waals surface area contributed by atoms with Crippen molar-refractivity contribution < 1.29 is 38.6 Å². The maximum absolute atomic E-state index is 14.9. The van der Waals surface area contributed by atoms with Crippen LogP contribution in [0.1, 0.15) is 72.6 Å². The van der Waals surface area contributed by atoms with E-state index >= 15 is 0 Å². The van der Waals surface area contributed by atoms with Crippen molar-refractivity contribution >= 4 is 40.5 Å². The maximum Gasteiger partial charge on any atom is 0.330 e. The Hall–Kier alpha value is -5.46. The van der Waals surface area contributed by atoms with Gasteiger partial charge >= 0.3 is 5.97 Å². The number of aliphatic carboxylic acids is 1. The number of carbonyl (C=O) groups excluding carboxylic acids is 4. The summed E-state index contributed by atoms with van der Waals surface area (Å²) in [5, 5.41) is 19.4. The number of hydrogen-bond acceptors (Lipinski definition) is 8. The predicted molar refractivity (Wildman–Crippen MR) is 211 cm³/mol. The first kappa shape index (κ1) is 40.2. The van der Waals surface area contributed by atoms with Crippen molar-refractivity contribution in [3.63, 3.8) is 0 Å². The zero-order valence-corrected chi connectivity index (χ0v) is 32.8. The Morgan fingerprint density at radius 3 is 2.34 bits per heavy atom. The van der Waals surface area contributed by atoms with Crippen molar-refractivity contribution in [3.05, 3.63) is 67.3 Å². The quantitative estimate of drug-likeness (QED) is 0.174. The first-order chi connectivity index (χ1) is 26.6. The lowest BCUT2D eigenvalue weighted by molar-refractivity contribution is -0.147. The zero-order chi connectivity index (χ0) is 40.4. The number of pyridine rings is 1. The number of carboxylic acid groups (broad SMARTS) is 1. The van der Waals surface area contributed by atoms with Gasteiger partial charge in [0.1, 0.15) is 41.3 Å². The Labute approximate surface area is 327 Å². The van der Waals surface area contributed by atoms with Gasteiger partial charge in [-0.1, -0.05) is 76.4 Å². The fourth-order valence-corrected chi connectivity index (χ4v) is 8.16. The summed E-state index contributed by atoms with van der Waals surface area (Å²) in [5.74, 6) is -2.59. The van der Waals surface area contributed by atoms with E-state index in [2.05, 4.69) is 22.5 Å². The normalized spacial score (nSPS) is 23.4. The van der Waals surface area contributed by atoms with Crippen LogP contribution in [0, 0.1) is 17.3 Å². The summed E-state index contributed by atoms with van der Waals surface area (Å²) in [4.78, 5) is 74.1. The van der Waals surface area contributed by atoms with Gasteiger partial charge in [-0.15, -0.1) is 6.58 Å². The van der Waals surface area contributed by atoms with E-state index in [0.717, 1.165) is 37.7 Å². The van der Waals surface area contributed by atoms with Crippen LogP contribution in [0.2, 0.25) is 0 Å². The Morgan fingerprint density at radius 1 is 1.02 bits per heavy atom.